The lowest BCUT2D eigenvalue weighted by Crippen LogP contribution is -2.48. The lowest BCUT2D eigenvalue weighted by Gasteiger charge is -2.26. The van der Waals surface area contributed by atoms with Gasteiger partial charge in [0.15, 0.2) is 0 Å². The Hall–Kier alpha value is -1.76. The summed E-state index contributed by atoms with van der Waals surface area (Å²) in [7, 11) is 0. The summed E-state index contributed by atoms with van der Waals surface area (Å²) in [6.45, 7) is 0.00203. The maximum absolute atomic E-state index is 12.2. The second kappa shape index (κ2) is 5.70. The number of carbonyl (C=O) groups is 1. The molecule has 2 rings (SSSR count). The minimum atomic E-state index is -4.89. The van der Waals surface area contributed by atoms with Crippen molar-refractivity contribution in [2.75, 3.05) is 13.2 Å². The van der Waals surface area contributed by atoms with E-state index in [-0.39, 0.29) is 19.6 Å². The lowest BCUT2D eigenvalue weighted by atomic mass is 9.99. The number of ether oxygens (including phenoxy) is 1. The Labute approximate surface area is 113 Å². The first-order valence-corrected chi connectivity index (χ1v) is 6.13. The molecule has 0 saturated heterocycles. The molecule has 110 valence electrons. The Morgan fingerprint density at radius 2 is 2.20 bits per heavy atom. The van der Waals surface area contributed by atoms with Gasteiger partial charge in [0, 0.05) is 6.61 Å². The summed E-state index contributed by atoms with van der Waals surface area (Å²) in [4.78, 5) is 10.9. The maximum Gasteiger partial charge on any atom is 0.471 e. The molecule has 1 aromatic carbocycles. The zero-order chi connectivity index (χ0) is 14.8. The van der Waals surface area contributed by atoms with E-state index in [1.54, 1.807) is 18.2 Å². The van der Waals surface area contributed by atoms with Gasteiger partial charge in [-0.1, -0.05) is 12.1 Å². The molecule has 1 aliphatic heterocycles. The highest BCUT2D eigenvalue weighted by atomic mass is 19.4. The van der Waals surface area contributed by atoms with Crippen LogP contribution >= 0.6 is 0 Å². The molecule has 0 unspecified atom stereocenters. The van der Waals surface area contributed by atoms with Gasteiger partial charge in [-0.2, -0.15) is 13.2 Å². The number of benzene rings is 1. The standard InChI is InChI=1S/C13H14F3NO3/c14-13(15,16)12(19)17-10-6-9-5-8(3-4-18)1-2-11(9)20-7-10/h1-2,5,10,18H,3-4,6-7H2,(H,17,19)/t10-/m1/s1. The van der Waals surface area contributed by atoms with Gasteiger partial charge < -0.3 is 15.2 Å². The van der Waals surface area contributed by atoms with Crippen molar-refractivity contribution in [3.05, 3.63) is 29.3 Å². The molecule has 1 heterocycles. The topological polar surface area (TPSA) is 58.6 Å². The minimum absolute atomic E-state index is 0.00607. The van der Waals surface area contributed by atoms with E-state index in [0.717, 1.165) is 11.1 Å². The third-order valence-electron chi connectivity index (χ3n) is 3.02. The lowest BCUT2D eigenvalue weighted by molar-refractivity contribution is -0.174. The summed E-state index contributed by atoms with van der Waals surface area (Å²) in [6.07, 6.45) is -4.15. The van der Waals surface area contributed by atoms with E-state index in [9.17, 15) is 18.0 Å². The van der Waals surface area contributed by atoms with E-state index in [2.05, 4.69) is 0 Å². The van der Waals surface area contributed by atoms with Crippen molar-refractivity contribution < 1.29 is 27.8 Å². The number of aliphatic hydroxyl groups excluding tert-OH is 1. The van der Waals surface area contributed by atoms with E-state index >= 15 is 0 Å². The van der Waals surface area contributed by atoms with Gasteiger partial charge in [0.25, 0.3) is 0 Å². The molecule has 1 aromatic rings. The first kappa shape index (κ1) is 14.6. The average Bonchev–Trinajstić information content (AvgIpc) is 2.37. The van der Waals surface area contributed by atoms with Crippen molar-refractivity contribution in [2.45, 2.75) is 25.1 Å². The number of amides is 1. The Bertz CT molecular complexity index is 502. The summed E-state index contributed by atoms with van der Waals surface area (Å²) in [5.74, 6) is -1.36. The van der Waals surface area contributed by atoms with Crippen molar-refractivity contribution in [1.29, 1.82) is 0 Å². The molecular weight excluding hydrogens is 275 g/mol. The third kappa shape index (κ3) is 3.41. The molecular formula is C13H14F3NO3. The molecule has 7 heteroatoms. The molecule has 1 amide bonds. The van der Waals surface area contributed by atoms with Crippen LogP contribution in [0.3, 0.4) is 0 Å². The quantitative estimate of drug-likeness (QED) is 0.879. The van der Waals surface area contributed by atoms with E-state index in [1.165, 1.54) is 0 Å². The summed E-state index contributed by atoms with van der Waals surface area (Å²) >= 11 is 0. The number of carbonyl (C=O) groups excluding carboxylic acids is 1. The largest absolute Gasteiger partial charge is 0.491 e. The van der Waals surface area contributed by atoms with Crippen LogP contribution in [-0.4, -0.2) is 36.4 Å². The number of rotatable bonds is 3. The van der Waals surface area contributed by atoms with Gasteiger partial charge in [0.05, 0.1) is 6.04 Å². The van der Waals surface area contributed by atoms with Crippen LogP contribution in [0.1, 0.15) is 11.1 Å². The number of nitrogens with one attached hydrogen (secondary N) is 1. The second-order valence-electron chi connectivity index (χ2n) is 4.60. The number of hydrogen-bond acceptors (Lipinski definition) is 3. The van der Waals surface area contributed by atoms with Crippen LogP contribution in [0.5, 0.6) is 5.75 Å². The van der Waals surface area contributed by atoms with E-state index in [4.69, 9.17) is 9.84 Å². The van der Waals surface area contributed by atoms with Crippen LogP contribution in [0, 0.1) is 0 Å². The molecule has 0 bridgehead atoms. The molecule has 0 saturated carbocycles. The Kier molecular flexibility index (Phi) is 4.17. The van der Waals surface area contributed by atoms with Crippen molar-refractivity contribution in [1.82, 2.24) is 5.32 Å². The Morgan fingerprint density at radius 1 is 1.45 bits per heavy atom. The molecule has 20 heavy (non-hydrogen) atoms. The zero-order valence-electron chi connectivity index (χ0n) is 10.5. The monoisotopic (exact) mass is 289 g/mol. The van der Waals surface area contributed by atoms with Crippen molar-refractivity contribution in [3.8, 4) is 5.75 Å². The van der Waals surface area contributed by atoms with Gasteiger partial charge in [-0.05, 0) is 30.0 Å². The van der Waals surface area contributed by atoms with Crippen molar-refractivity contribution in [2.24, 2.45) is 0 Å². The Morgan fingerprint density at radius 3 is 2.85 bits per heavy atom. The fourth-order valence-electron chi connectivity index (χ4n) is 2.09. The first-order chi connectivity index (χ1) is 9.40. The maximum atomic E-state index is 12.2. The smallest absolute Gasteiger partial charge is 0.471 e. The number of aliphatic hydroxyl groups is 1. The molecule has 0 aliphatic carbocycles. The number of halogens is 3. The fourth-order valence-corrected chi connectivity index (χ4v) is 2.09. The minimum Gasteiger partial charge on any atom is -0.491 e. The number of hydrogen-bond donors (Lipinski definition) is 2. The summed E-state index contributed by atoms with van der Waals surface area (Å²) in [5, 5.41) is 10.8. The summed E-state index contributed by atoms with van der Waals surface area (Å²) in [5.41, 5.74) is 1.60. The predicted octanol–water partition coefficient (Wildman–Crippen LogP) is 1.20. The summed E-state index contributed by atoms with van der Waals surface area (Å²) in [6, 6.07) is 4.59. The van der Waals surface area contributed by atoms with Crippen LogP contribution in [0.15, 0.2) is 18.2 Å². The van der Waals surface area contributed by atoms with Crippen LogP contribution < -0.4 is 10.1 Å². The van der Waals surface area contributed by atoms with E-state index in [0.29, 0.717) is 12.2 Å². The molecule has 0 spiro atoms. The van der Waals surface area contributed by atoms with Gasteiger partial charge >= 0.3 is 12.1 Å². The first-order valence-electron chi connectivity index (χ1n) is 6.13. The van der Waals surface area contributed by atoms with Gasteiger partial charge in [-0.15, -0.1) is 0 Å². The molecule has 4 nitrogen and oxygen atoms in total. The highest BCUT2D eigenvalue weighted by molar-refractivity contribution is 5.82. The Balaban J connectivity index is 2.06. The molecule has 0 fully saturated rings. The zero-order valence-corrected chi connectivity index (χ0v) is 10.5. The summed E-state index contributed by atoms with van der Waals surface area (Å²) < 4.78 is 41.9. The number of fused-ring (bicyclic) bond motifs is 1. The number of alkyl halides is 3. The van der Waals surface area contributed by atoms with Gasteiger partial charge in [-0.3, -0.25) is 4.79 Å². The van der Waals surface area contributed by atoms with Gasteiger partial charge in [-0.25, -0.2) is 0 Å². The molecule has 0 radical (unpaired) electrons. The SMILES string of the molecule is O=C(N[C@H]1COc2ccc(CCO)cc2C1)C(F)(F)F. The van der Waals surface area contributed by atoms with Crippen molar-refractivity contribution in [3.63, 3.8) is 0 Å². The van der Waals surface area contributed by atoms with Crippen LogP contribution in [0.25, 0.3) is 0 Å². The molecule has 1 aliphatic rings. The van der Waals surface area contributed by atoms with Gasteiger partial charge in [0.2, 0.25) is 0 Å². The molecule has 2 N–H and O–H groups in total. The average molecular weight is 289 g/mol. The van der Waals surface area contributed by atoms with E-state index < -0.39 is 18.1 Å². The predicted molar refractivity (Wildman–Crippen MR) is 64.4 cm³/mol. The second-order valence-corrected chi connectivity index (χ2v) is 4.60. The highest BCUT2D eigenvalue weighted by Crippen LogP contribution is 2.26. The fraction of sp³-hybridized carbons (Fsp3) is 0.462. The molecule has 1 atom stereocenters. The van der Waals surface area contributed by atoms with Crippen LogP contribution in [0.2, 0.25) is 0 Å². The highest BCUT2D eigenvalue weighted by Gasteiger charge is 2.40. The van der Waals surface area contributed by atoms with Crippen molar-refractivity contribution >= 4 is 5.91 Å². The van der Waals surface area contributed by atoms with Gasteiger partial charge in [0.1, 0.15) is 12.4 Å². The van der Waals surface area contributed by atoms with Crippen LogP contribution in [-0.2, 0) is 17.6 Å². The van der Waals surface area contributed by atoms with E-state index in [1.807, 2.05) is 5.32 Å². The third-order valence-corrected chi connectivity index (χ3v) is 3.02. The molecule has 0 aromatic heterocycles. The normalized spacial score (nSPS) is 18.1. The van der Waals surface area contributed by atoms with Crippen LogP contribution in [0.4, 0.5) is 13.2 Å².